The fourth-order valence-electron chi connectivity index (χ4n) is 4.20. The van der Waals surface area contributed by atoms with E-state index in [4.69, 9.17) is 0 Å². The van der Waals surface area contributed by atoms with Gasteiger partial charge in [-0.2, -0.15) is 0 Å². The van der Waals surface area contributed by atoms with Gasteiger partial charge >= 0.3 is 0 Å². The molecule has 5 nitrogen and oxygen atoms in total. The highest BCUT2D eigenvalue weighted by molar-refractivity contribution is 6.21. The van der Waals surface area contributed by atoms with Gasteiger partial charge in [0.25, 0.3) is 11.8 Å². The minimum atomic E-state index is -0.244. The smallest absolute Gasteiger partial charge is 0.261 e. The van der Waals surface area contributed by atoms with Gasteiger partial charge in [-0.1, -0.05) is 30.3 Å². The van der Waals surface area contributed by atoms with Gasteiger partial charge < -0.3 is 4.90 Å². The lowest BCUT2D eigenvalue weighted by Gasteiger charge is -2.29. The predicted octanol–water partition coefficient (Wildman–Crippen LogP) is 3.40. The molecule has 1 aliphatic heterocycles. The van der Waals surface area contributed by atoms with E-state index in [9.17, 15) is 14.4 Å². The number of para-hydroxylation sites is 1. The largest absolute Gasteiger partial charge is 0.362 e. The third-order valence-electron chi connectivity index (χ3n) is 5.89. The molecule has 1 saturated carbocycles. The number of nitrogens with zero attached hydrogens (tertiary/aromatic N) is 2. The highest BCUT2D eigenvalue weighted by Crippen LogP contribution is 2.42. The van der Waals surface area contributed by atoms with Crippen LogP contribution in [0.5, 0.6) is 0 Å². The summed E-state index contributed by atoms with van der Waals surface area (Å²) in [6.07, 6.45) is 0.739. The van der Waals surface area contributed by atoms with Gasteiger partial charge in [-0.15, -0.1) is 0 Å². The Balaban J connectivity index is 1.41. The van der Waals surface area contributed by atoms with Crippen molar-refractivity contribution in [2.24, 2.45) is 11.8 Å². The summed E-state index contributed by atoms with van der Waals surface area (Å²) < 4.78 is 0. The fourth-order valence-corrected chi connectivity index (χ4v) is 4.20. The second kappa shape index (κ2) is 7.23. The number of anilines is 1. The zero-order valence-electron chi connectivity index (χ0n) is 16.2. The van der Waals surface area contributed by atoms with E-state index < -0.39 is 0 Å². The molecule has 144 valence electrons. The van der Waals surface area contributed by atoms with Crippen molar-refractivity contribution in [3.8, 4) is 0 Å². The molecule has 0 bridgehead atoms. The van der Waals surface area contributed by atoms with E-state index in [-0.39, 0.29) is 35.5 Å². The number of likely N-dealkylation sites (N-methyl/N-ethyl adjacent to an activating group) is 1. The number of fused-ring (bicyclic) bond motifs is 1. The quantitative estimate of drug-likeness (QED) is 0.695. The maximum absolute atomic E-state index is 13.0. The first-order chi connectivity index (χ1) is 13.5. The molecule has 3 atom stereocenters. The molecule has 0 spiro atoms. The summed E-state index contributed by atoms with van der Waals surface area (Å²) in [6, 6.07) is 16.6. The number of carbonyl (C=O) groups is 3. The lowest BCUT2D eigenvalue weighted by atomic mass is 10.1. The number of Topliss-reactive ketones (excluding diaryl/α,β-unsaturated/α-hetero) is 1. The van der Waals surface area contributed by atoms with Crippen molar-refractivity contribution < 1.29 is 14.4 Å². The van der Waals surface area contributed by atoms with E-state index in [1.807, 2.05) is 44.2 Å². The van der Waals surface area contributed by atoms with Crippen molar-refractivity contribution in [3.05, 3.63) is 65.7 Å². The predicted molar refractivity (Wildman–Crippen MR) is 107 cm³/mol. The van der Waals surface area contributed by atoms with Crippen LogP contribution >= 0.6 is 0 Å². The zero-order chi connectivity index (χ0) is 19.8. The Kier molecular flexibility index (Phi) is 4.75. The summed E-state index contributed by atoms with van der Waals surface area (Å²) in [6.45, 7) is 5.05. The second-order valence-corrected chi connectivity index (χ2v) is 7.57. The summed E-state index contributed by atoms with van der Waals surface area (Å²) in [7, 11) is 0. The van der Waals surface area contributed by atoms with Crippen LogP contribution in [0.2, 0.25) is 0 Å². The molecule has 3 unspecified atom stereocenters. The van der Waals surface area contributed by atoms with Crippen molar-refractivity contribution in [2.45, 2.75) is 26.3 Å². The molecule has 0 aromatic heterocycles. The van der Waals surface area contributed by atoms with Crippen molar-refractivity contribution in [3.63, 3.8) is 0 Å². The summed E-state index contributed by atoms with van der Waals surface area (Å²) in [5.74, 6) is -0.325. The third kappa shape index (κ3) is 3.11. The lowest BCUT2D eigenvalue weighted by molar-refractivity contribution is -0.121. The number of amides is 2. The van der Waals surface area contributed by atoms with Crippen LogP contribution in [0.1, 0.15) is 41.0 Å². The minimum absolute atomic E-state index is 0.0617. The zero-order valence-corrected chi connectivity index (χ0v) is 16.2. The first-order valence-corrected chi connectivity index (χ1v) is 9.83. The van der Waals surface area contributed by atoms with Crippen LogP contribution in [-0.2, 0) is 4.79 Å². The van der Waals surface area contributed by atoms with Crippen molar-refractivity contribution in [2.75, 3.05) is 18.0 Å². The molecule has 1 fully saturated rings. The fraction of sp³-hybridized carbons (Fsp3) is 0.348. The highest BCUT2D eigenvalue weighted by atomic mass is 16.2. The number of rotatable bonds is 7. The number of benzene rings is 2. The number of carbonyl (C=O) groups excluding carboxylic acids is 3. The van der Waals surface area contributed by atoms with Crippen LogP contribution in [0, 0.1) is 11.8 Å². The summed E-state index contributed by atoms with van der Waals surface area (Å²) >= 11 is 0. The van der Waals surface area contributed by atoms with Crippen LogP contribution in [0.4, 0.5) is 5.69 Å². The average molecular weight is 376 g/mol. The maximum atomic E-state index is 13.0. The van der Waals surface area contributed by atoms with Crippen molar-refractivity contribution in [1.29, 1.82) is 0 Å². The van der Waals surface area contributed by atoms with Crippen molar-refractivity contribution >= 4 is 23.3 Å². The van der Waals surface area contributed by atoms with E-state index >= 15 is 0 Å². The topological polar surface area (TPSA) is 57.7 Å². The summed E-state index contributed by atoms with van der Waals surface area (Å²) in [4.78, 5) is 41.5. The Hall–Kier alpha value is -2.95. The molecule has 2 aliphatic rings. The van der Waals surface area contributed by atoms with Crippen LogP contribution in [0.3, 0.4) is 0 Å². The first-order valence-electron chi connectivity index (χ1n) is 9.83. The molecule has 1 aliphatic carbocycles. The Bertz CT molecular complexity index is 889. The van der Waals surface area contributed by atoms with Gasteiger partial charge in [0, 0.05) is 24.7 Å². The van der Waals surface area contributed by atoms with Crippen LogP contribution in [0.15, 0.2) is 54.6 Å². The number of imide groups is 1. The van der Waals surface area contributed by atoms with Gasteiger partial charge in [0.1, 0.15) is 0 Å². The van der Waals surface area contributed by atoms with Gasteiger partial charge in [-0.3, -0.25) is 19.3 Å². The minimum Gasteiger partial charge on any atom is -0.362 e. The van der Waals surface area contributed by atoms with E-state index in [2.05, 4.69) is 4.90 Å². The monoisotopic (exact) mass is 376 g/mol. The highest BCUT2D eigenvalue weighted by Gasteiger charge is 2.48. The van der Waals surface area contributed by atoms with E-state index in [0.29, 0.717) is 17.7 Å². The summed E-state index contributed by atoms with van der Waals surface area (Å²) in [5.41, 5.74) is 1.96. The van der Waals surface area contributed by atoms with Gasteiger partial charge in [0.15, 0.2) is 5.78 Å². The molecule has 5 heteroatoms. The molecule has 4 rings (SSSR count). The number of ketones is 1. The van der Waals surface area contributed by atoms with Gasteiger partial charge in [0.05, 0.1) is 17.2 Å². The molecule has 0 radical (unpaired) electrons. The summed E-state index contributed by atoms with van der Waals surface area (Å²) in [5, 5.41) is 0. The molecule has 0 N–H and O–H groups in total. The second-order valence-electron chi connectivity index (χ2n) is 7.57. The molecule has 2 aromatic rings. The van der Waals surface area contributed by atoms with E-state index in [0.717, 1.165) is 18.7 Å². The molecule has 1 heterocycles. The molecule has 28 heavy (non-hydrogen) atoms. The normalized spacial score (nSPS) is 21.4. The molecular weight excluding hydrogens is 352 g/mol. The Morgan fingerprint density at radius 2 is 1.61 bits per heavy atom. The number of hydrogen-bond acceptors (Lipinski definition) is 4. The standard InChI is InChI=1S/C23H24N2O3/c1-3-24(17-9-5-4-6-10-17)15(2)21(26)20-13-16(20)14-25-22(27)18-11-7-8-12-19(18)23(25)28/h4-12,15-16,20H,3,13-14H2,1-2H3. The molecule has 2 aromatic carbocycles. The van der Waals surface area contributed by atoms with Gasteiger partial charge in [0.2, 0.25) is 0 Å². The Morgan fingerprint density at radius 3 is 2.18 bits per heavy atom. The van der Waals surface area contributed by atoms with Crippen LogP contribution < -0.4 is 4.90 Å². The van der Waals surface area contributed by atoms with Crippen LogP contribution in [0.25, 0.3) is 0 Å². The van der Waals surface area contributed by atoms with Gasteiger partial charge in [-0.25, -0.2) is 0 Å². The first kappa shape index (κ1) is 18.4. The Morgan fingerprint density at radius 1 is 1.04 bits per heavy atom. The SMILES string of the molecule is CCN(c1ccccc1)C(C)C(=O)C1CC1CN1C(=O)c2ccccc2C1=O. The molecule has 0 saturated heterocycles. The van der Waals surface area contributed by atoms with Gasteiger partial charge in [-0.05, 0) is 50.5 Å². The lowest BCUT2D eigenvalue weighted by Crippen LogP contribution is -2.40. The van der Waals surface area contributed by atoms with Crippen LogP contribution in [-0.4, -0.2) is 41.6 Å². The van der Waals surface area contributed by atoms with E-state index in [1.54, 1.807) is 24.3 Å². The number of hydrogen-bond donors (Lipinski definition) is 0. The Labute approximate surface area is 164 Å². The molecule has 2 amide bonds. The maximum Gasteiger partial charge on any atom is 0.261 e. The van der Waals surface area contributed by atoms with Crippen molar-refractivity contribution in [1.82, 2.24) is 4.90 Å². The molecular formula is C23H24N2O3. The third-order valence-corrected chi connectivity index (χ3v) is 5.89. The average Bonchev–Trinajstić information content (AvgIpc) is 3.46. The van der Waals surface area contributed by atoms with E-state index in [1.165, 1.54) is 4.90 Å².